The van der Waals surface area contributed by atoms with Gasteiger partial charge in [0.25, 0.3) is 0 Å². The molecule has 1 aliphatic heterocycles. The van der Waals surface area contributed by atoms with Gasteiger partial charge in [0.15, 0.2) is 5.01 Å². The fourth-order valence-corrected chi connectivity index (χ4v) is 2.67. The third-order valence-corrected chi connectivity index (χ3v) is 3.93. The Morgan fingerprint density at radius 1 is 1.19 bits per heavy atom. The van der Waals surface area contributed by atoms with E-state index in [1.807, 2.05) is 0 Å². The summed E-state index contributed by atoms with van der Waals surface area (Å²) in [7, 11) is 0. The van der Waals surface area contributed by atoms with Crippen LogP contribution in [-0.2, 0) is 12.6 Å². The first-order valence-electron chi connectivity index (χ1n) is 6.42. The molecule has 1 atom stereocenters. The molecule has 2 aromatic rings. The number of halogens is 4. The Hall–Kier alpha value is -1.56. The number of fused-ring (bicyclic) bond motifs is 1. The van der Waals surface area contributed by atoms with Gasteiger partial charge in [-0.15, -0.1) is 0 Å². The summed E-state index contributed by atoms with van der Waals surface area (Å²) in [6.45, 7) is 0. The molecule has 6 heteroatoms. The van der Waals surface area contributed by atoms with E-state index in [4.69, 9.17) is 4.74 Å². The average Bonchev–Trinajstić information content (AvgIpc) is 2.46. The lowest BCUT2D eigenvalue weighted by molar-refractivity contribution is -0.137. The lowest BCUT2D eigenvalue weighted by atomic mass is 10.1. The molecule has 1 unspecified atom stereocenters. The van der Waals surface area contributed by atoms with Crippen LogP contribution in [0.1, 0.15) is 17.7 Å². The minimum absolute atomic E-state index is 0.0359. The number of hydrogen-bond acceptors (Lipinski definition) is 2. The van der Waals surface area contributed by atoms with E-state index in [0.717, 1.165) is 30.7 Å². The van der Waals surface area contributed by atoms with Crippen LogP contribution in [0.2, 0.25) is 0 Å². The molecule has 0 saturated heterocycles. The Labute approximate surface area is 128 Å². The van der Waals surface area contributed by atoms with Gasteiger partial charge in [-0.05, 0) is 46.6 Å². The molecule has 0 amide bonds. The zero-order valence-electron chi connectivity index (χ0n) is 10.8. The van der Waals surface area contributed by atoms with Gasteiger partial charge in [0, 0.05) is 12.0 Å². The van der Waals surface area contributed by atoms with E-state index in [2.05, 4.69) is 20.9 Å². The molecule has 2 nitrogen and oxygen atoms in total. The summed E-state index contributed by atoms with van der Waals surface area (Å²) in [5, 5.41) is -0.0359. The van der Waals surface area contributed by atoms with Crippen LogP contribution in [0.25, 0.3) is 11.3 Å². The first kappa shape index (κ1) is 14.4. The first-order valence-corrected chi connectivity index (χ1v) is 7.33. The maximum Gasteiger partial charge on any atom is 0.416 e. The minimum Gasteiger partial charge on any atom is -0.477 e. The molecule has 0 fully saturated rings. The normalized spacial score (nSPS) is 18.0. The van der Waals surface area contributed by atoms with Gasteiger partial charge in [-0.25, -0.2) is 4.98 Å². The van der Waals surface area contributed by atoms with Crippen LogP contribution in [0.4, 0.5) is 13.2 Å². The van der Waals surface area contributed by atoms with Crippen molar-refractivity contribution in [3.8, 4) is 17.0 Å². The maximum atomic E-state index is 12.8. The second-order valence-electron chi connectivity index (χ2n) is 4.79. The molecule has 0 radical (unpaired) electrons. The van der Waals surface area contributed by atoms with E-state index in [0.29, 0.717) is 17.0 Å². The predicted octanol–water partition coefficient (Wildman–Crippen LogP) is 4.81. The monoisotopic (exact) mass is 357 g/mol. The topological polar surface area (TPSA) is 22.1 Å². The largest absolute Gasteiger partial charge is 0.477 e. The summed E-state index contributed by atoms with van der Waals surface area (Å²) in [5.41, 5.74) is 1.09. The molecule has 21 heavy (non-hydrogen) atoms. The van der Waals surface area contributed by atoms with E-state index < -0.39 is 11.7 Å². The van der Waals surface area contributed by atoms with Crippen LogP contribution in [-0.4, -0.2) is 10.00 Å². The lowest BCUT2D eigenvalue weighted by Gasteiger charge is -2.21. The molecule has 2 heterocycles. The first-order chi connectivity index (χ1) is 9.93. The Kier molecular flexibility index (Phi) is 3.65. The van der Waals surface area contributed by atoms with Crippen LogP contribution >= 0.6 is 15.9 Å². The zero-order chi connectivity index (χ0) is 15.0. The highest BCUT2D eigenvalue weighted by atomic mass is 79.9. The van der Waals surface area contributed by atoms with Crippen LogP contribution < -0.4 is 4.74 Å². The molecule has 0 aliphatic carbocycles. The number of benzene rings is 1. The third kappa shape index (κ3) is 3.05. The second kappa shape index (κ2) is 5.33. The van der Waals surface area contributed by atoms with E-state index in [-0.39, 0.29) is 5.01 Å². The van der Waals surface area contributed by atoms with Gasteiger partial charge in [0.05, 0.1) is 17.0 Å². The molecule has 3 rings (SSSR count). The third-order valence-electron chi connectivity index (χ3n) is 3.28. The Morgan fingerprint density at radius 2 is 2.00 bits per heavy atom. The number of aromatic nitrogens is 1. The lowest BCUT2D eigenvalue weighted by Crippen LogP contribution is -2.17. The van der Waals surface area contributed by atoms with Gasteiger partial charge < -0.3 is 4.74 Å². The van der Waals surface area contributed by atoms with E-state index in [9.17, 15) is 13.2 Å². The van der Waals surface area contributed by atoms with Crippen molar-refractivity contribution in [2.24, 2.45) is 0 Å². The molecule has 0 bridgehead atoms. The van der Waals surface area contributed by atoms with Crippen LogP contribution in [0.15, 0.2) is 36.4 Å². The van der Waals surface area contributed by atoms with E-state index in [1.54, 1.807) is 18.2 Å². The van der Waals surface area contributed by atoms with E-state index in [1.165, 1.54) is 6.07 Å². The minimum atomic E-state index is -4.35. The van der Waals surface area contributed by atoms with Crippen molar-refractivity contribution < 1.29 is 17.9 Å². The Balaban J connectivity index is 1.98. The Bertz CT molecular complexity index is 672. The summed E-state index contributed by atoms with van der Waals surface area (Å²) in [6.07, 6.45) is -2.83. The fourth-order valence-electron chi connectivity index (χ4n) is 2.24. The van der Waals surface area contributed by atoms with Crippen molar-refractivity contribution in [1.82, 2.24) is 4.98 Å². The predicted molar refractivity (Wildman–Crippen MR) is 76.3 cm³/mol. The SMILES string of the molecule is FC(F)(F)c1cccc(-c2ccc3c(n2)CCC(Br)O3)c1. The van der Waals surface area contributed by atoms with Crippen molar-refractivity contribution in [1.29, 1.82) is 0 Å². The number of ether oxygens (including phenoxy) is 1. The quantitative estimate of drug-likeness (QED) is 0.683. The molecule has 0 spiro atoms. The van der Waals surface area contributed by atoms with Gasteiger partial charge in [-0.1, -0.05) is 12.1 Å². The number of pyridine rings is 1. The van der Waals surface area contributed by atoms with Gasteiger partial charge in [-0.3, -0.25) is 0 Å². The molecule has 0 N–H and O–H groups in total. The molecular weight excluding hydrogens is 347 g/mol. The second-order valence-corrected chi connectivity index (χ2v) is 5.81. The van der Waals surface area contributed by atoms with Crippen molar-refractivity contribution in [3.63, 3.8) is 0 Å². The number of hydrogen-bond donors (Lipinski definition) is 0. The van der Waals surface area contributed by atoms with Crippen LogP contribution in [0, 0.1) is 0 Å². The number of aryl methyl sites for hydroxylation is 1. The van der Waals surface area contributed by atoms with Crippen molar-refractivity contribution in [2.45, 2.75) is 24.0 Å². The van der Waals surface area contributed by atoms with Crippen molar-refractivity contribution in [2.75, 3.05) is 0 Å². The highest BCUT2D eigenvalue weighted by Gasteiger charge is 2.30. The summed E-state index contributed by atoms with van der Waals surface area (Å²) in [5.74, 6) is 0.679. The average molecular weight is 358 g/mol. The van der Waals surface area contributed by atoms with Gasteiger partial charge in [-0.2, -0.15) is 13.2 Å². The van der Waals surface area contributed by atoms with Gasteiger partial charge >= 0.3 is 6.18 Å². The highest BCUT2D eigenvalue weighted by molar-refractivity contribution is 9.09. The van der Waals surface area contributed by atoms with Gasteiger partial charge in [0.2, 0.25) is 0 Å². The molecule has 1 aliphatic rings. The summed E-state index contributed by atoms with van der Waals surface area (Å²) >= 11 is 3.38. The van der Waals surface area contributed by atoms with Gasteiger partial charge in [0.1, 0.15) is 5.75 Å². The number of nitrogens with zero attached hydrogens (tertiary/aromatic N) is 1. The summed E-state index contributed by atoms with van der Waals surface area (Å²) < 4.78 is 43.8. The zero-order valence-corrected chi connectivity index (χ0v) is 12.4. The molecule has 1 aromatic carbocycles. The smallest absolute Gasteiger partial charge is 0.416 e. The number of alkyl halides is 4. The summed E-state index contributed by atoms with van der Waals surface area (Å²) in [6, 6.07) is 8.63. The fraction of sp³-hybridized carbons (Fsp3) is 0.267. The molecule has 110 valence electrons. The van der Waals surface area contributed by atoms with Crippen molar-refractivity contribution in [3.05, 3.63) is 47.7 Å². The molecule has 0 saturated carbocycles. The Morgan fingerprint density at radius 3 is 2.76 bits per heavy atom. The van der Waals surface area contributed by atoms with Crippen LogP contribution in [0.5, 0.6) is 5.75 Å². The van der Waals surface area contributed by atoms with E-state index >= 15 is 0 Å². The maximum absolute atomic E-state index is 12.8. The highest BCUT2D eigenvalue weighted by Crippen LogP contribution is 2.34. The summed E-state index contributed by atoms with van der Waals surface area (Å²) in [4.78, 5) is 4.43. The van der Waals surface area contributed by atoms with Crippen molar-refractivity contribution >= 4 is 15.9 Å². The number of rotatable bonds is 1. The molecule has 1 aromatic heterocycles. The molecular formula is C15H11BrF3NO. The van der Waals surface area contributed by atoms with Crippen LogP contribution in [0.3, 0.4) is 0 Å². The standard InChI is InChI=1S/C15H11BrF3NO/c16-14-7-5-12-13(21-14)6-4-11(20-12)9-2-1-3-10(8-9)15(17,18)19/h1-4,6,8,14H,5,7H2.